The van der Waals surface area contributed by atoms with Gasteiger partial charge in [0, 0.05) is 29.2 Å². The highest BCUT2D eigenvalue weighted by Crippen LogP contribution is 2.18. The van der Waals surface area contributed by atoms with Crippen molar-refractivity contribution in [2.45, 2.75) is 13.3 Å². The van der Waals surface area contributed by atoms with E-state index in [0.717, 1.165) is 23.0 Å². The number of anilines is 1. The Balaban J connectivity index is 1.81. The summed E-state index contributed by atoms with van der Waals surface area (Å²) >= 11 is 0. The summed E-state index contributed by atoms with van der Waals surface area (Å²) < 4.78 is 0. The SMILES string of the molecule is CCc1nc(C(=O)Nc2ccc3[nH]ccc3c2)n[nH]1. The number of carbonyl (C=O) groups excluding carboxylic acids is 1. The molecule has 2 aromatic heterocycles. The molecule has 19 heavy (non-hydrogen) atoms. The number of benzene rings is 1. The number of carbonyl (C=O) groups is 1. The summed E-state index contributed by atoms with van der Waals surface area (Å²) in [6.07, 6.45) is 2.58. The molecule has 3 aromatic rings. The minimum absolute atomic E-state index is 0.158. The number of hydrogen-bond donors (Lipinski definition) is 3. The Morgan fingerprint density at radius 3 is 3.05 bits per heavy atom. The lowest BCUT2D eigenvalue weighted by atomic mass is 10.2. The summed E-state index contributed by atoms with van der Waals surface area (Å²) in [6.45, 7) is 1.95. The van der Waals surface area contributed by atoms with Crippen LogP contribution in [0.3, 0.4) is 0 Å². The molecule has 0 bridgehead atoms. The van der Waals surface area contributed by atoms with Crippen LogP contribution in [0.25, 0.3) is 10.9 Å². The lowest BCUT2D eigenvalue weighted by molar-refractivity contribution is 0.101. The number of nitrogens with zero attached hydrogens (tertiary/aromatic N) is 2. The molecule has 6 heteroatoms. The molecule has 1 amide bonds. The third-order valence-electron chi connectivity index (χ3n) is 2.88. The monoisotopic (exact) mass is 255 g/mol. The summed E-state index contributed by atoms with van der Waals surface area (Å²) in [6, 6.07) is 7.61. The van der Waals surface area contributed by atoms with Crippen LogP contribution in [0.15, 0.2) is 30.5 Å². The van der Waals surface area contributed by atoms with Crippen LogP contribution in [0.1, 0.15) is 23.4 Å². The predicted octanol–water partition coefficient (Wildman–Crippen LogP) is 2.10. The number of aromatic nitrogens is 4. The Morgan fingerprint density at radius 2 is 2.26 bits per heavy atom. The van der Waals surface area contributed by atoms with Crippen molar-refractivity contribution < 1.29 is 4.79 Å². The zero-order valence-corrected chi connectivity index (χ0v) is 10.4. The molecule has 2 heterocycles. The van der Waals surface area contributed by atoms with Crippen LogP contribution in [-0.2, 0) is 6.42 Å². The van der Waals surface area contributed by atoms with E-state index in [2.05, 4.69) is 25.5 Å². The minimum Gasteiger partial charge on any atom is -0.361 e. The van der Waals surface area contributed by atoms with Gasteiger partial charge in [0.25, 0.3) is 5.91 Å². The number of aromatic amines is 2. The van der Waals surface area contributed by atoms with Gasteiger partial charge in [-0.1, -0.05) is 6.92 Å². The molecule has 3 rings (SSSR count). The second-order valence-electron chi connectivity index (χ2n) is 4.19. The van der Waals surface area contributed by atoms with E-state index in [4.69, 9.17) is 0 Å². The first-order valence-electron chi connectivity index (χ1n) is 6.06. The zero-order valence-electron chi connectivity index (χ0n) is 10.4. The van der Waals surface area contributed by atoms with Gasteiger partial charge < -0.3 is 10.3 Å². The second kappa shape index (κ2) is 4.56. The lowest BCUT2D eigenvalue weighted by Crippen LogP contribution is -2.13. The summed E-state index contributed by atoms with van der Waals surface area (Å²) in [7, 11) is 0. The Kier molecular flexibility index (Phi) is 2.75. The maximum atomic E-state index is 12.0. The number of fused-ring (bicyclic) bond motifs is 1. The van der Waals surface area contributed by atoms with E-state index in [-0.39, 0.29) is 11.7 Å². The Bertz CT molecular complexity index is 727. The second-order valence-corrected chi connectivity index (χ2v) is 4.19. The Morgan fingerprint density at radius 1 is 1.37 bits per heavy atom. The molecule has 0 atom stereocenters. The van der Waals surface area contributed by atoms with Gasteiger partial charge in [0.05, 0.1) is 0 Å². The predicted molar refractivity (Wildman–Crippen MR) is 72.0 cm³/mol. The van der Waals surface area contributed by atoms with Crippen molar-refractivity contribution in [2.24, 2.45) is 0 Å². The van der Waals surface area contributed by atoms with E-state index in [0.29, 0.717) is 5.82 Å². The molecule has 0 aliphatic carbocycles. The van der Waals surface area contributed by atoms with Crippen LogP contribution < -0.4 is 5.32 Å². The van der Waals surface area contributed by atoms with Crippen molar-refractivity contribution in [3.63, 3.8) is 0 Å². The third-order valence-corrected chi connectivity index (χ3v) is 2.88. The molecular formula is C13H13N5O. The fraction of sp³-hybridized carbons (Fsp3) is 0.154. The summed E-state index contributed by atoms with van der Waals surface area (Å²) in [5.41, 5.74) is 1.75. The van der Waals surface area contributed by atoms with E-state index >= 15 is 0 Å². The molecular weight excluding hydrogens is 242 g/mol. The minimum atomic E-state index is -0.314. The van der Waals surface area contributed by atoms with Crippen molar-refractivity contribution in [2.75, 3.05) is 5.32 Å². The van der Waals surface area contributed by atoms with Gasteiger partial charge in [-0.15, -0.1) is 5.10 Å². The summed E-state index contributed by atoms with van der Waals surface area (Å²) in [4.78, 5) is 19.1. The Hall–Kier alpha value is -2.63. The van der Waals surface area contributed by atoms with E-state index < -0.39 is 0 Å². The topological polar surface area (TPSA) is 86.5 Å². The van der Waals surface area contributed by atoms with Crippen LogP contribution >= 0.6 is 0 Å². The molecule has 96 valence electrons. The highest BCUT2D eigenvalue weighted by atomic mass is 16.2. The van der Waals surface area contributed by atoms with Crippen molar-refractivity contribution in [1.29, 1.82) is 0 Å². The van der Waals surface area contributed by atoms with Gasteiger partial charge >= 0.3 is 0 Å². The number of hydrogen-bond acceptors (Lipinski definition) is 3. The van der Waals surface area contributed by atoms with Gasteiger partial charge in [0.2, 0.25) is 5.82 Å². The van der Waals surface area contributed by atoms with Crippen LogP contribution in [0.4, 0.5) is 5.69 Å². The number of amides is 1. The van der Waals surface area contributed by atoms with Gasteiger partial charge in [0.1, 0.15) is 5.82 Å². The number of nitrogens with one attached hydrogen (secondary N) is 3. The number of H-pyrrole nitrogens is 2. The standard InChI is InChI=1S/C13H13N5O/c1-2-11-16-12(18-17-11)13(19)15-9-3-4-10-8(7-9)5-6-14-10/h3-7,14H,2H2,1H3,(H,15,19)(H,16,17,18). The summed E-state index contributed by atoms with van der Waals surface area (Å²) in [5, 5.41) is 10.4. The first-order chi connectivity index (χ1) is 9.26. The third kappa shape index (κ3) is 2.20. The van der Waals surface area contributed by atoms with Gasteiger partial charge in [-0.3, -0.25) is 9.89 Å². The summed E-state index contributed by atoms with van der Waals surface area (Å²) in [5.74, 6) is 0.545. The smallest absolute Gasteiger partial charge is 0.295 e. The van der Waals surface area contributed by atoms with Crippen molar-refractivity contribution in [3.8, 4) is 0 Å². The number of rotatable bonds is 3. The molecule has 1 aromatic carbocycles. The molecule has 0 aliphatic rings. The van der Waals surface area contributed by atoms with E-state index in [1.165, 1.54) is 0 Å². The number of aryl methyl sites for hydroxylation is 1. The molecule has 0 fully saturated rings. The maximum absolute atomic E-state index is 12.0. The van der Waals surface area contributed by atoms with Crippen molar-refractivity contribution >= 4 is 22.5 Å². The quantitative estimate of drug-likeness (QED) is 0.669. The van der Waals surface area contributed by atoms with Crippen LogP contribution in [0, 0.1) is 0 Å². The molecule has 0 unspecified atom stereocenters. The first-order valence-corrected chi connectivity index (χ1v) is 6.06. The fourth-order valence-corrected chi connectivity index (χ4v) is 1.87. The first kappa shape index (κ1) is 11.5. The van der Waals surface area contributed by atoms with Crippen molar-refractivity contribution in [1.82, 2.24) is 20.2 Å². The van der Waals surface area contributed by atoms with Crippen molar-refractivity contribution in [3.05, 3.63) is 42.1 Å². The zero-order chi connectivity index (χ0) is 13.2. The van der Waals surface area contributed by atoms with E-state index in [1.54, 1.807) is 0 Å². The van der Waals surface area contributed by atoms with Crippen LogP contribution in [0.5, 0.6) is 0 Å². The average molecular weight is 255 g/mol. The maximum Gasteiger partial charge on any atom is 0.295 e. The van der Waals surface area contributed by atoms with E-state index in [9.17, 15) is 4.79 Å². The molecule has 0 saturated carbocycles. The molecule has 0 spiro atoms. The molecule has 6 nitrogen and oxygen atoms in total. The fourth-order valence-electron chi connectivity index (χ4n) is 1.87. The average Bonchev–Trinajstić information content (AvgIpc) is 3.06. The van der Waals surface area contributed by atoms with Gasteiger partial charge in [-0.2, -0.15) is 0 Å². The molecule has 0 radical (unpaired) electrons. The van der Waals surface area contributed by atoms with Gasteiger partial charge in [0.15, 0.2) is 0 Å². The molecule has 0 aliphatic heterocycles. The van der Waals surface area contributed by atoms with Crippen LogP contribution in [-0.4, -0.2) is 26.1 Å². The molecule has 3 N–H and O–H groups in total. The normalized spacial score (nSPS) is 10.8. The van der Waals surface area contributed by atoms with Gasteiger partial charge in [-0.25, -0.2) is 4.98 Å². The largest absolute Gasteiger partial charge is 0.361 e. The lowest BCUT2D eigenvalue weighted by Gasteiger charge is -2.02. The highest BCUT2D eigenvalue weighted by Gasteiger charge is 2.12. The van der Waals surface area contributed by atoms with Gasteiger partial charge in [-0.05, 0) is 24.3 Å². The Labute approximate surface area is 109 Å². The van der Waals surface area contributed by atoms with E-state index in [1.807, 2.05) is 37.4 Å². The highest BCUT2D eigenvalue weighted by molar-refractivity contribution is 6.02. The molecule has 0 saturated heterocycles. The van der Waals surface area contributed by atoms with Crippen LogP contribution in [0.2, 0.25) is 0 Å².